The molecule has 1 aliphatic rings. The van der Waals surface area contributed by atoms with Crippen LogP contribution < -0.4 is 0 Å². The Hall–Kier alpha value is -0.470. The zero-order valence-electron chi connectivity index (χ0n) is 10.6. The van der Waals surface area contributed by atoms with Crippen molar-refractivity contribution in [3.05, 3.63) is 15.8 Å². The van der Waals surface area contributed by atoms with E-state index in [0.717, 1.165) is 9.75 Å². The fourth-order valence-corrected chi connectivity index (χ4v) is 5.27. The number of sulfonamides is 1. The number of nitrogens with zero attached hydrogens (tertiary/aromatic N) is 1. The Morgan fingerprint density at radius 3 is 2.56 bits per heavy atom. The maximum absolute atomic E-state index is 12.3. The Labute approximate surface area is 111 Å². The average Bonchev–Trinajstić information content (AvgIpc) is 2.55. The lowest BCUT2D eigenvalue weighted by atomic mass is 9.99. The SMILES string of the molecule is COCC1(O)CN(S(=O)(=O)c2cc(C)sc2C)C1. The normalized spacial score (nSPS) is 19.8. The van der Waals surface area contributed by atoms with Crippen molar-refractivity contribution in [2.45, 2.75) is 24.3 Å². The number of methoxy groups -OCH3 is 1. The largest absolute Gasteiger partial charge is 0.385 e. The van der Waals surface area contributed by atoms with Crippen LogP contribution in [0, 0.1) is 13.8 Å². The highest BCUT2D eigenvalue weighted by Gasteiger charge is 2.47. The Bertz CT molecular complexity index is 543. The van der Waals surface area contributed by atoms with Gasteiger partial charge in [0, 0.05) is 30.0 Å². The minimum atomic E-state index is -3.47. The highest BCUT2D eigenvalue weighted by atomic mass is 32.2. The second-order valence-corrected chi connectivity index (χ2v) is 8.07. The molecule has 0 amide bonds. The van der Waals surface area contributed by atoms with E-state index in [1.807, 2.05) is 6.92 Å². The Morgan fingerprint density at radius 2 is 2.11 bits per heavy atom. The summed E-state index contributed by atoms with van der Waals surface area (Å²) >= 11 is 1.47. The summed E-state index contributed by atoms with van der Waals surface area (Å²) < 4.78 is 30.8. The number of thiophene rings is 1. The number of aliphatic hydroxyl groups is 1. The molecule has 0 atom stereocenters. The van der Waals surface area contributed by atoms with Crippen LogP contribution in [0.2, 0.25) is 0 Å². The van der Waals surface area contributed by atoms with Gasteiger partial charge < -0.3 is 9.84 Å². The van der Waals surface area contributed by atoms with Crippen molar-refractivity contribution in [3.63, 3.8) is 0 Å². The fourth-order valence-electron chi connectivity index (χ4n) is 2.14. The van der Waals surface area contributed by atoms with Gasteiger partial charge in [-0.3, -0.25) is 0 Å². The maximum Gasteiger partial charge on any atom is 0.244 e. The van der Waals surface area contributed by atoms with Gasteiger partial charge in [-0.25, -0.2) is 8.42 Å². The van der Waals surface area contributed by atoms with Crippen LogP contribution in [0.25, 0.3) is 0 Å². The molecule has 1 aromatic rings. The van der Waals surface area contributed by atoms with E-state index in [9.17, 15) is 13.5 Å². The van der Waals surface area contributed by atoms with Crippen LogP contribution in [-0.4, -0.2) is 50.2 Å². The number of β-amino-alcohol motifs (C(OH)–C–C–N with tert-alkyl or cyclic N) is 1. The summed E-state index contributed by atoms with van der Waals surface area (Å²) in [7, 11) is -1.99. The molecule has 7 heteroatoms. The summed E-state index contributed by atoms with van der Waals surface area (Å²) in [5.74, 6) is 0. The van der Waals surface area contributed by atoms with Crippen LogP contribution in [0.1, 0.15) is 9.75 Å². The first-order valence-electron chi connectivity index (χ1n) is 5.57. The summed E-state index contributed by atoms with van der Waals surface area (Å²) in [5, 5.41) is 9.94. The molecule has 1 N–H and O–H groups in total. The van der Waals surface area contributed by atoms with Crippen LogP contribution >= 0.6 is 11.3 Å². The number of hydrogen-bond acceptors (Lipinski definition) is 5. The first kappa shape index (κ1) is 14.0. The lowest BCUT2D eigenvalue weighted by Crippen LogP contribution is -2.65. The van der Waals surface area contributed by atoms with Gasteiger partial charge in [0.25, 0.3) is 0 Å². The van der Waals surface area contributed by atoms with Crippen LogP contribution in [0.5, 0.6) is 0 Å². The molecule has 102 valence electrons. The maximum atomic E-state index is 12.3. The summed E-state index contributed by atoms with van der Waals surface area (Å²) in [4.78, 5) is 2.11. The van der Waals surface area contributed by atoms with Crippen molar-refractivity contribution in [2.75, 3.05) is 26.8 Å². The molecule has 0 bridgehead atoms. The lowest BCUT2D eigenvalue weighted by Gasteiger charge is -2.44. The quantitative estimate of drug-likeness (QED) is 0.889. The number of aryl methyl sites for hydroxylation is 2. The molecule has 0 unspecified atom stereocenters. The van der Waals surface area contributed by atoms with E-state index in [-0.39, 0.29) is 19.7 Å². The van der Waals surface area contributed by atoms with Gasteiger partial charge in [0.1, 0.15) is 5.60 Å². The van der Waals surface area contributed by atoms with Crippen molar-refractivity contribution in [3.8, 4) is 0 Å². The van der Waals surface area contributed by atoms with Gasteiger partial charge in [0.15, 0.2) is 0 Å². The molecule has 0 radical (unpaired) electrons. The Kier molecular flexibility index (Phi) is 3.54. The van der Waals surface area contributed by atoms with Gasteiger partial charge in [-0.2, -0.15) is 4.31 Å². The third kappa shape index (κ3) is 2.33. The smallest absolute Gasteiger partial charge is 0.244 e. The molecule has 0 spiro atoms. The molecule has 0 aliphatic carbocycles. The predicted molar refractivity (Wildman–Crippen MR) is 69.4 cm³/mol. The Balaban J connectivity index is 2.18. The number of rotatable bonds is 4. The molecular formula is C11H17NO4S2. The lowest BCUT2D eigenvalue weighted by molar-refractivity contribution is -0.103. The molecule has 1 fully saturated rings. The van der Waals surface area contributed by atoms with E-state index in [1.165, 1.54) is 22.8 Å². The van der Waals surface area contributed by atoms with Crippen LogP contribution in [0.3, 0.4) is 0 Å². The second kappa shape index (κ2) is 4.57. The molecule has 1 aromatic heterocycles. The van der Waals surface area contributed by atoms with Gasteiger partial charge in [0.2, 0.25) is 10.0 Å². The average molecular weight is 291 g/mol. The summed E-state index contributed by atoms with van der Waals surface area (Å²) in [6, 6.07) is 1.68. The number of ether oxygens (including phenoxy) is 1. The summed E-state index contributed by atoms with van der Waals surface area (Å²) in [6.45, 7) is 4.02. The first-order valence-corrected chi connectivity index (χ1v) is 7.83. The molecular weight excluding hydrogens is 274 g/mol. The first-order chi connectivity index (χ1) is 8.28. The zero-order valence-corrected chi connectivity index (χ0v) is 12.3. The minimum absolute atomic E-state index is 0.0947. The molecule has 1 saturated heterocycles. The second-order valence-electron chi connectivity index (χ2n) is 4.71. The zero-order chi connectivity index (χ0) is 13.6. The van der Waals surface area contributed by atoms with Crippen molar-refractivity contribution in [1.29, 1.82) is 0 Å². The third-order valence-electron chi connectivity index (χ3n) is 2.97. The minimum Gasteiger partial charge on any atom is -0.385 e. The van der Waals surface area contributed by atoms with E-state index in [4.69, 9.17) is 4.74 Å². The van der Waals surface area contributed by atoms with Gasteiger partial charge in [-0.1, -0.05) is 0 Å². The highest BCUT2D eigenvalue weighted by Crippen LogP contribution is 2.32. The van der Waals surface area contributed by atoms with Gasteiger partial charge in [-0.15, -0.1) is 11.3 Å². The van der Waals surface area contributed by atoms with E-state index >= 15 is 0 Å². The van der Waals surface area contributed by atoms with Crippen molar-refractivity contribution < 1.29 is 18.3 Å². The topological polar surface area (TPSA) is 66.8 Å². The highest BCUT2D eigenvalue weighted by molar-refractivity contribution is 7.89. The third-order valence-corrected chi connectivity index (χ3v) is 5.98. The number of hydrogen-bond donors (Lipinski definition) is 1. The monoisotopic (exact) mass is 291 g/mol. The van der Waals surface area contributed by atoms with E-state index < -0.39 is 15.6 Å². The van der Waals surface area contributed by atoms with E-state index in [2.05, 4.69) is 0 Å². The van der Waals surface area contributed by atoms with Gasteiger partial charge in [-0.05, 0) is 19.9 Å². The predicted octanol–water partition coefficient (Wildman–Crippen LogP) is 0.747. The van der Waals surface area contributed by atoms with Gasteiger partial charge >= 0.3 is 0 Å². The van der Waals surface area contributed by atoms with Crippen LogP contribution in [-0.2, 0) is 14.8 Å². The van der Waals surface area contributed by atoms with Crippen LogP contribution in [0.4, 0.5) is 0 Å². The molecule has 1 aliphatic heterocycles. The molecule has 2 heterocycles. The fraction of sp³-hybridized carbons (Fsp3) is 0.636. The van der Waals surface area contributed by atoms with Crippen LogP contribution in [0.15, 0.2) is 11.0 Å². The standard InChI is InChI=1S/C11H17NO4S2/c1-8-4-10(9(2)17-8)18(14,15)12-5-11(13,6-12)7-16-3/h4,13H,5-7H2,1-3H3. The van der Waals surface area contributed by atoms with Gasteiger partial charge in [0.05, 0.1) is 11.5 Å². The summed E-state index contributed by atoms with van der Waals surface area (Å²) in [5.41, 5.74) is -1.04. The van der Waals surface area contributed by atoms with Crippen molar-refractivity contribution in [1.82, 2.24) is 4.31 Å². The molecule has 5 nitrogen and oxygen atoms in total. The Morgan fingerprint density at radius 1 is 1.50 bits per heavy atom. The van der Waals surface area contributed by atoms with E-state index in [1.54, 1.807) is 13.0 Å². The molecule has 18 heavy (non-hydrogen) atoms. The molecule has 0 aromatic carbocycles. The summed E-state index contributed by atoms with van der Waals surface area (Å²) in [6.07, 6.45) is 0. The van der Waals surface area contributed by atoms with Crippen molar-refractivity contribution >= 4 is 21.4 Å². The molecule has 0 saturated carbocycles. The van der Waals surface area contributed by atoms with Crippen molar-refractivity contribution in [2.24, 2.45) is 0 Å². The van der Waals surface area contributed by atoms with E-state index in [0.29, 0.717) is 4.90 Å². The molecule has 2 rings (SSSR count).